The van der Waals surface area contributed by atoms with Crippen LogP contribution < -0.4 is 5.73 Å². The molecule has 1 rings (SSSR count). The number of carbonyl (C=O) groups excluding carboxylic acids is 1. The minimum Gasteiger partial charge on any atom is -0.456 e. The van der Waals surface area contributed by atoms with Crippen LogP contribution in [-0.2, 0) is 16.1 Å². The third kappa shape index (κ3) is 4.23. The first-order valence-corrected chi connectivity index (χ1v) is 5.13. The third-order valence-corrected chi connectivity index (χ3v) is 1.99. The van der Waals surface area contributed by atoms with E-state index >= 15 is 0 Å². The van der Waals surface area contributed by atoms with E-state index < -0.39 is 5.97 Å². The Labute approximate surface area is 94.9 Å². The molecule has 0 aliphatic carbocycles. The minimum atomic E-state index is -0.596. The van der Waals surface area contributed by atoms with Crippen LogP contribution >= 0.6 is 0 Å². The molecule has 86 valence electrons. The van der Waals surface area contributed by atoms with E-state index in [4.69, 9.17) is 15.9 Å². The summed E-state index contributed by atoms with van der Waals surface area (Å²) < 4.78 is 4.97. The van der Waals surface area contributed by atoms with Gasteiger partial charge >= 0.3 is 5.97 Å². The van der Waals surface area contributed by atoms with Gasteiger partial charge in [-0.2, -0.15) is 0 Å². The van der Waals surface area contributed by atoms with E-state index in [0.29, 0.717) is 0 Å². The molecule has 0 radical (unpaired) electrons. The third-order valence-electron chi connectivity index (χ3n) is 1.99. The number of rotatable bonds is 5. The lowest BCUT2D eigenvalue weighted by Gasteiger charge is -2.07. The van der Waals surface area contributed by atoms with Crippen molar-refractivity contribution in [1.82, 2.24) is 0 Å². The van der Waals surface area contributed by atoms with Crippen molar-refractivity contribution in [2.24, 2.45) is 5.73 Å². The molecule has 1 aromatic rings. The number of benzene rings is 1. The van der Waals surface area contributed by atoms with E-state index in [-0.39, 0.29) is 24.8 Å². The van der Waals surface area contributed by atoms with Crippen molar-refractivity contribution >= 4 is 11.7 Å². The molecule has 0 heterocycles. The fraction of sp³-hybridized carbons (Fsp3) is 0.333. The van der Waals surface area contributed by atoms with Crippen molar-refractivity contribution in [3.63, 3.8) is 0 Å². The van der Waals surface area contributed by atoms with E-state index in [1.165, 1.54) is 0 Å². The molecule has 0 saturated heterocycles. The molecule has 0 bridgehead atoms. The molecule has 1 aromatic carbocycles. The lowest BCUT2D eigenvalue weighted by atomic mass is 10.2. The molecule has 4 nitrogen and oxygen atoms in total. The summed E-state index contributed by atoms with van der Waals surface area (Å²) in [6, 6.07) is 9.16. The second kappa shape index (κ2) is 6.02. The minimum absolute atomic E-state index is 0.0778. The number of nitrogens with one attached hydrogen (secondary N) is 1. The molecule has 0 fully saturated rings. The first kappa shape index (κ1) is 12.4. The fourth-order valence-electron chi connectivity index (χ4n) is 1.22. The average molecular weight is 220 g/mol. The molecule has 0 aliphatic rings. The van der Waals surface area contributed by atoms with Gasteiger partial charge in [0.05, 0.1) is 0 Å². The van der Waals surface area contributed by atoms with Crippen LogP contribution in [0.1, 0.15) is 18.9 Å². The van der Waals surface area contributed by atoms with E-state index in [0.717, 1.165) is 5.56 Å². The van der Waals surface area contributed by atoms with E-state index in [2.05, 4.69) is 0 Å². The summed E-state index contributed by atoms with van der Waals surface area (Å²) in [5.41, 5.74) is 6.32. The Balaban J connectivity index is 2.38. The predicted molar refractivity (Wildman–Crippen MR) is 62.2 cm³/mol. The summed E-state index contributed by atoms with van der Waals surface area (Å²) in [5, 5.41) is 7.44. The van der Waals surface area contributed by atoms with Gasteiger partial charge < -0.3 is 10.5 Å². The quantitative estimate of drug-likeness (QED) is 0.583. The first-order valence-electron chi connectivity index (χ1n) is 5.13. The molecule has 16 heavy (non-hydrogen) atoms. The first-order chi connectivity index (χ1) is 7.59. The van der Waals surface area contributed by atoms with E-state index in [1.54, 1.807) is 6.92 Å². The predicted octanol–water partition coefficient (Wildman–Crippen LogP) is 1.49. The van der Waals surface area contributed by atoms with Gasteiger partial charge in [-0.3, -0.25) is 5.41 Å². The van der Waals surface area contributed by atoms with Crippen molar-refractivity contribution in [3.05, 3.63) is 35.9 Å². The molecular weight excluding hydrogens is 204 g/mol. The maximum Gasteiger partial charge on any atom is 0.352 e. The van der Waals surface area contributed by atoms with Crippen molar-refractivity contribution in [1.29, 1.82) is 5.41 Å². The second-order valence-electron chi connectivity index (χ2n) is 3.72. The lowest BCUT2D eigenvalue weighted by Crippen LogP contribution is -2.25. The van der Waals surface area contributed by atoms with Crippen LogP contribution in [0.25, 0.3) is 0 Å². The van der Waals surface area contributed by atoms with Gasteiger partial charge in [0.25, 0.3) is 0 Å². The Kier molecular flexibility index (Phi) is 4.66. The summed E-state index contributed by atoms with van der Waals surface area (Å²) in [5.74, 6) is -0.596. The standard InChI is InChI=1S/C12H16N2O2/c1-9(13)7-11(14)12(15)16-8-10-5-3-2-4-6-10/h2-6,9,14H,7-8,13H2,1H3/t9-/m1/s1. The Bertz CT molecular complexity index is 361. The zero-order valence-electron chi connectivity index (χ0n) is 9.27. The Morgan fingerprint density at radius 1 is 1.44 bits per heavy atom. The SMILES string of the molecule is C[C@@H](N)CC(=N)C(=O)OCc1ccccc1. The monoisotopic (exact) mass is 220 g/mol. The van der Waals surface area contributed by atoms with Crippen LogP contribution in [0.5, 0.6) is 0 Å². The molecule has 4 heteroatoms. The number of ether oxygens (including phenoxy) is 1. The van der Waals surface area contributed by atoms with Gasteiger partial charge in [-0.1, -0.05) is 30.3 Å². The number of carbonyl (C=O) groups is 1. The van der Waals surface area contributed by atoms with Gasteiger partial charge in [-0.15, -0.1) is 0 Å². The zero-order valence-corrected chi connectivity index (χ0v) is 9.27. The number of hydrogen-bond acceptors (Lipinski definition) is 4. The van der Waals surface area contributed by atoms with Gasteiger partial charge in [-0.05, 0) is 12.5 Å². The Hall–Kier alpha value is -1.68. The van der Waals surface area contributed by atoms with E-state index in [1.807, 2.05) is 30.3 Å². The molecule has 1 atom stereocenters. The molecule has 0 aromatic heterocycles. The molecule has 0 spiro atoms. The number of esters is 1. The van der Waals surface area contributed by atoms with Crippen LogP contribution in [-0.4, -0.2) is 17.7 Å². The molecule has 3 N–H and O–H groups in total. The summed E-state index contributed by atoms with van der Waals surface area (Å²) >= 11 is 0. The van der Waals surface area contributed by atoms with Crippen molar-refractivity contribution < 1.29 is 9.53 Å². The summed E-state index contributed by atoms with van der Waals surface area (Å²) in [6.07, 6.45) is 0.244. The lowest BCUT2D eigenvalue weighted by molar-refractivity contribution is -0.137. The fourth-order valence-corrected chi connectivity index (χ4v) is 1.22. The van der Waals surface area contributed by atoms with Crippen LogP contribution in [0.2, 0.25) is 0 Å². The molecule has 0 unspecified atom stereocenters. The summed E-state index contributed by atoms with van der Waals surface area (Å²) in [6.45, 7) is 1.94. The highest BCUT2D eigenvalue weighted by Gasteiger charge is 2.12. The van der Waals surface area contributed by atoms with Crippen LogP contribution in [0.15, 0.2) is 30.3 Å². The summed E-state index contributed by atoms with van der Waals surface area (Å²) in [7, 11) is 0. The normalized spacial score (nSPS) is 11.9. The van der Waals surface area contributed by atoms with Crippen LogP contribution in [0, 0.1) is 5.41 Å². The van der Waals surface area contributed by atoms with Gasteiger partial charge in [0.15, 0.2) is 0 Å². The molecule has 0 amide bonds. The topological polar surface area (TPSA) is 76.2 Å². The molecular formula is C12H16N2O2. The van der Waals surface area contributed by atoms with Crippen LogP contribution in [0.3, 0.4) is 0 Å². The van der Waals surface area contributed by atoms with Crippen molar-refractivity contribution in [2.75, 3.05) is 0 Å². The van der Waals surface area contributed by atoms with Gasteiger partial charge in [0.1, 0.15) is 12.3 Å². The highest BCUT2D eigenvalue weighted by molar-refractivity contribution is 6.35. The van der Waals surface area contributed by atoms with E-state index in [9.17, 15) is 4.79 Å². The van der Waals surface area contributed by atoms with Crippen molar-refractivity contribution in [3.8, 4) is 0 Å². The van der Waals surface area contributed by atoms with Gasteiger partial charge in [0.2, 0.25) is 0 Å². The van der Waals surface area contributed by atoms with Crippen LogP contribution in [0.4, 0.5) is 0 Å². The van der Waals surface area contributed by atoms with Gasteiger partial charge in [0, 0.05) is 12.5 Å². The highest BCUT2D eigenvalue weighted by Crippen LogP contribution is 2.02. The number of hydrogen-bond donors (Lipinski definition) is 2. The largest absolute Gasteiger partial charge is 0.456 e. The van der Waals surface area contributed by atoms with Crippen molar-refractivity contribution in [2.45, 2.75) is 26.0 Å². The maximum atomic E-state index is 11.3. The molecule has 0 saturated carbocycles. The Morgan fingerprint density at radius 2 is 2.06 bits per heavy atom. The summed E-state index contributed by atoms with van der Waals surface area (Å²) in [4.78, 5) is 11.3. The average Bonchev–Trinajstić information content (AvgIpc) is 2.26. The maximum absolute atomic E-state index is 11.3. The smallest absolute Gasteiger partial charge is 0.352 e. The zero-order chi connectivity index (χ0) is 12.0. The molecule has 0 aliphatic heterocycles. The second-order valence-corrected chi connectivity index (χ2v) is 3.72. The number of nitrogens with two attached hydrogens (primary N) is 1. The highest BCUT2D eigenvalue weighted by atomic mass is 16.5. The Morgan fingerprint density at radius 3 is 2.62 bits per heavy atom. The van der Waals surface area contributed by atoms with Gasteiger partial charge in [-0.25, -0.2) is 4.79 Å².